The lowest BCUT2D eigenvalue weighted by atomic mass is 10.1. The molecular weight excluding hydrogens is 142 g/mol. The highest BCUT2D eigenvalue weighted by molar-refractivity contribution is 5.73. The Labute approximate surface area is 66.8 Å². The predicted octanol–water partition coefficient (Wildman–Crippen LogP) is 0.992. The van der Waals surface area contributed by atoms with Gasteiger partial charge in [-0.15, -0.1) is 0 Å². The Morgan fingerprint density at radius 2 is 2.27 bits per heavy atom. The molecule has 0 spiro atoms. The lowest BCUT2D eigenvalue weighted by Gasteiger charge is -2.17. The Kier molecular flexibility index (Phi) is 2.18. The lowest BCUT2D eigenvalue weighted by Crippen LogP contribution is -2.42. The molecule has 2 N–H and O–H groups in total. The summed E-state index contributed by atoms with van der Waals surface area (Å²) in [6.07, 6.45) is 3.28. The van der Waals surface area contributed by atoms with Crippen molar-refractivity contribution in [1.82, 2.24) is 5.32 Å². The summed E-state index contributed by atoms with van der Waals surface area (Å²) >= 11 is 0. The molecule has 0 aromatic heterocycles. The standard InChI is InChI=1S/C8H15NO2/c1-3-8(4-5-8)9-6(2)7(10)11/h6,9H,3-5H2,1-2H3,(H,10,11). The van der Waals surface area contributed by atoms with Crippen molar-refractivity contribution in [2.45, 2.75) is 44.7 Å². The van der Waals surface area contributed by atoms with Crippen molar-refractivity contribution >= 4 is 5.97 Å². The monoisotopic (exact) mass is 157 g/mol. The van der Waals surface area contributed by atoms with E-state index in [0.29, 0.717) is 0 Å². The first-order valence-electron chi connectivity index (χ1n) is 4.10. The fourth-order valence-corrected chi connectivity index (χ4v) is 1.27. The van der Waals surface area contributed by atoms with E-state index < -0.39 is 12.0 Å². The van der Waals surface area contributed by atoms with Gasteiger partial charge in [-0.25, -0.2) is 0 Å². The zero-order valence-electron chi connectivity index (χ0n) is 7.05. The summed E-state index contributed by atoms with van der Waals surface area (Å²) < 4.78 is 0. The first kappa shape index (κ1) is 8.53. The van der Waals surface area contributed by atoms with Gasteiger partial charge < -0.3 is 5.11 Å². The van der Waals surface area contributed by atoms with Gasteiger partial charge in [-0.3, -0.25) is 10.1 Å². The van der Waals surface area contributed by atoms with Crippen LogP contribution in [-0.2, 0) is 4.79 Å². The van der Waals surface area contributed by atoms with E-state index in [1.807, 2.05) is 0 Å². The third-order valence-corrected chi connectivity index (χ3v) is 2.42. The summed E-state index contributed by atoms with van der Waals surface area (Å²) in [4.78, 5) is 10.5. The van der Waals surface area contributed by atoms with Crippen LogP contribution in [0.25, 0.3) is 0 Å². The maximum atomic E-state index is 10.5. The number of rotatable bonds is 4. The van der Waals surface area contributed by atoms with Crippen LogP contribution in [0.1, 0.15) is 33.1 Å². The first-order chi connectivity index (χ1) is 5.09. The molecule has 3 heteroatoms. The molecule has 0 bridgehead atoms. The Balaban J connectivity index is 2.35. The van der Waals surface area contributed by atoms with Crippen molar-refractivity contribution in [2.24, 2.45) is 0 Å². The normalized spacial score (nSPS) is 22.7. The van der Waals surface area contributed by atoms with Crippen molar-refractivity contribution in [3.05, 3.63) is 0 Å². The summed E-state index contributed by atoms with van der Waals surface area (Å²) in [6.45, 7) is 3.78. The highest BCUT2D eigenvalue weighted by atomic mass is 16.4. The smallest absolute Gasteiger partial charge is 0.320 e. The molecule has 3 nitrogen and oxygen atoms in total. The van der Waals surface area contributed by atoms with Gasteiger partial charge >= 0.3 is 5.97 Å². The van der Waals surface area contributed by atoms with E-state index >= 15 is 0 Å². The van der Waals surface area contributed by atoms with Crippen molar-refractivity contribution in [3.8, 4) is 0 Å². The molecule has 1 atom stereocenters. The summed E-state index contributed by atoms with van der Waals surface area (Å²) in [7, 11) is 0. The van der Waals surface area contributed by atoms with E-state index in [-0.39, 0.29) is 5.54 Å². The Hall–Kier alpha value is -0.570. The van der Waals surface area contributed by atoms with Crippen molar-refractivity contribution < 1.29 is 9.90 Å². The first-order valence-corrected chi connectivity index (χ1v) is 4.10. The number of aliphatic carboxylic acids is 1. The zero-order valence-corrected chi connectivity index (χ0v) is 7.05. The zero-order chi connectivity index (χ0) is 8.48. The number of carboxylic acids is 1. The van der Waals surface area contributed by atoms with Gasteiger partial charge in [-0.05, 0) is 26.2 Å². The second-order valence-corrected chi connectivity index (χ2v) is 3.34. The molecule has 0 aromatic carbocycles. The van der Waals surface area contributed by atoms with Crippen LogP contribution in [0.3, 0.4) is 0 Å². The molecule has 1 saturated carbocycles. The van der Waals surface area contributed by atoms with Crippen molar-refractivity contribution in [2.75, 3.05) is 0 Å². The van der Waals surface area contributed by atoms with Crippen LogP contribution >= 0.6 is 0 Å². The molecule has 1 aliphatic rings. The van der Waals surface area contributed by atoms with Gasteiger partial charge in [0.05, 0.1) is 0 Å². The van der Waals surface area contributed by atoms with Crippen molar-refractivity contribution in [1.29, 1.82) is 0 Å². The molecule has 0 aliphatic heterocycles. The number of hydrogen-bond donors (Lipinski definition) is 2. The number of hydrogen-bond acceptors (Lipinski definition) is 2. The fraction of sp³-hybridized carbons (Fsp3) is 0.875. The molecule has 11 heavy (non-hydrogen) atoms. The Morgan fingerprint density at radius 3 is 2.55 bits per heavy atom. The third kappa shape index (κ3) is 1.93. The van der Waals surface area contributed by atoms with E-state index in [9.17, 15) is 4.79 Å². The molecule has 0 radical (unpaired) electrons. The van der Waals surface area contributed by atoms with Gasteiger partial charge in [0.15, 0.2) is 0 Å². The average Bonchev–Trinajstić information content (AvgIpc) is 2.69. The second kappa shape index (κ2) is 2.81. The molecule has 0 amide bonds. The highest BCUT2D eigenvalue weighted by Gasteiger charge is 2.42. The lowest BCUT2D eigenvalue weighted by molar-refractivity contribution is -0.139. The topological polar surface area (TPSA) is 49.3 Å². The van der Waals surface area contributed by atoms with E-state index in [0.717, 1.165) is 19.3 Å². The van der Waals surface area contributed by atoms with Gasteiger partial charge in [0.2, 0.25) is 0 Å². The van der Waals surface area contributed by atoms with Gasteiger partial charge in [-0.1, -0.05) is 6.92 Å². The van der Waals surface area contributed by atoms with Crippen LogP contribution in [0.15, 0.2) is 0 Å². The Bertz CT molecular complexity index is 163. The molecule has 1 rings (SSSR count). The summed E-state index contributed by atoms with van der Waals surface area (Å²) in [5, 5.41) is 11.7. The van der Waals surface area contributed by atoms with Crippen LogP contribution in [-0.4, -0.2) is 22.7 Å². The molecule has 0 saturated heterocycles. The Morgan fingerprint density at radius 1 is 1.73 bits per heavy atom. The van der Waals surface area contributed by atoms with Gasteiger partial charge in [0.25, 0.3) is 0 Å². The highest BCUT2D eigenvalue weighted by Crippen LogP contribution is 2.38. The molecule has 0 aromatic rings. The van der Waals surface area contributed by atoms with Crippen molar-refractivity contribution in [3.63, 3.8) is 0 Å². The van der Waals surface area contributed by atoms with Crippen LogP contribution in [0, 0.1) is 0 Å². The summed E-state index contributed by atoms with van der Waals surface area (Å²) in [6, 6.07) is -0.405. The molecule has 1 unspecified atom stereocenters. The number of carboxylic acid groups (broad SMARTS) is 1. The molecule has 64 valence electrons. The summed E-state index contributed by atoms with van der Waals surface area (Å²) in [5.74, 6) is -0.760. The SMILES string of the molecule is CCC1(NC(C)C(=O)O)CC1. The van der Waals surface area contributed by atoms with Gasteiger partial charge in [0, 0.05) is 5.54 Å². The van der Waals surface area contributed by atoms with Crippen LogP contribution < -0.4 is 5.32 Å². The van der Waals surface area contributed by atoms with Crippen LogP contribution in [0.5, 0.6) is 0 Å². The molecule has 1 aliphatic carbocycles. The molecule has 0 heterocycles. The minimum atomic E-state index is -0.760. The summed E-state index contributed by atoms with van der Waals surface area (Å²) in [5.41, 5.74) is 0.164. The van der Waals surface area contributed by atoms with Crippen LogP contribution in [0.4, 0.5) is 0 Å². The number of nitrogens with one attached hydrogen (secondary N) is 1. The minimum Gasteiger partial charge on any atom is -0.480 e. The largest absolute Gasteiger partial charge is 0.480 e. The maximum Gasteiger partial charge on any atom is 0.320 e. The van der Waals surface area contributed by atoms with E-state index in [4.69, 9.17) is 5.11 Å². The quantitative estimate of drug-likeness (QED) is 0.639. The molecule has 1 fully saturated rings. The van der Waals surface area contributed by atoms with E-state index in [2.05, 4.69) is 12.2 Å². The van der Waals surface area contributed by atoms with E-state index in [1.165, 1.54) is 0 Å². The fourth-order valence-electron chi connectivity index (χ4n) is 1.27. The van der Waals surface area contributed by atoms with Crippen LogP contribution in [0.2, 0.25) is 0 Å². The van der Waals surface area contributed by atoms with E-state index in [1.54, 1.807) is 6.92 Å². The third-order valence-electron chi connectivity index (χ3n) is 2.42. The van der Waals surface area contributed by atoms with Gasteiger partial charge in [-0.2, -0.15) is 0 Å². The minimum absolute atomic E-state index is 0.164. The second-order valence-electron chi connectivity index (χ2n) is 3.34. The predicted molar refractivity (Wildman–Crippen MR) is 42.5 cm³/mol. The maximum absolute atomic E-state index is 10.5. The average molecular weight is 157 g/mol. The number of carbonyl (C=O) groups is 1. The molecular formula is C8H15NO2. The van der Waals surface area contributed by atoms with Gasteiger partial charge in [0.1, 0.15) is 6.04 Å².